The average Bonchev–Trinajstić information content (AvgIpc) is 2.80. The van der Waals surface area contributed by atoms with Gasteiger partial charge in [0, 0.05) is 12.8 Å². The van der Waals surface area contributed by atoms with Crippen LogP contribution in [0.15, 0.2) is 29.4 Å². The Morgan fingerprint density at radius 2 is 2.24 bits per heavy atom. The number of hydrogen-bond acceptors (Lipinski definition) is 4. The van der Waals surface area contributed by atoms with Gasteiger partial charge in [-0.1, -0.05) is 26.0 Å². The van der Waals surface area contributed by atoms with Gasteiger partial charge in [0.1, 0.15) is 11.5 Å². The Morgan fingerprint density at radius 1 is 1.43 bits per heavy atom. The molecule has 1 heterocycles. The van der Waals surface area contributed by atoms with E-state index in [0.29, 0.717) is 18.6 Å². The molecule has 0 spiro atoms. The zero-order valence-electron chi connectivity index (χ0n) is 12.8. The van der Waals surface area contributed by atoms with E-state index in [2.05, 4.69) is 30.4 Å². The molecule has 3 rings (SSSR count). The van der Waals surface area contributed by atoms with Crippen LogP contribution in [0.4, 0.5) is 0 Å². The summed E-state index contributed by atoms with van der Waals surface area (Å²) in [5.74, 6) is 1.11. The van der Waals surface area contributed by atoms with E-state index < -0.39 is 0 Å². The maximum absolute atomic E-state index is 12.5. The molecule has 0 saturated heterocycles. The van der Waals surface area contributed by atoms with Crippen molar-refractivity contribution < 1.29 is 9.53 Å². The Kier molecular flexibility index (Phi) is 3.47. The van der Waals surface area contributed by atoms with Gasteiger partial charge in [-0.3, -0.25) is 4.79 Å². The largest absolute Gasteiger partial charge is 0.497 e. The van der Waals surface area contributed by atoms with E-state index in [9.17, 15) is 4.79 Å². The first kappa shape index (κ1) is 14.1. The van der Waals surface area contributed by atoms with Crippen LogP contribution in [0.3, 0.4) is 0 Å². The number of carbonyl (C=O) groups is 1. The highest BCUT2D eigenvalue weighted by molar-refractivity contribution is 6.08. The highest BCUT2D eigenvalue weighted by Gasteiger charge is 2.45. The third-order valence-electron chi connectivity index (χ3n) is 4.43. The van der Waals surface area contributed by atoms with Crippen molar-refractivity contribution in [3.8, 4) is 5.75 Å². The van der Waals surface area contributed by atoms with Crippen molar-refractivity contribution in [3.63, 3.8) is 0 Å². The van der Waals surface area contributed by atoms with Gasteiger partial charge in [0.2, 0.25) is 0 Å². The molecule has 112 valence electrons. The van der Waals surface area contributed by atoms with Crippen LogP contribution in [-0.4, -0.2) is 24.6 Å². The molecule has 1 N–H and O–H groups in total. The first-order chi connectivity index (χ1) is 9.98. The van der Waals surface area contributed by atoms with Crippen LogP contribution < -0.4 is 10.2 Å². The first-order valence-electron chi connectivity index (χ1n) is 7.46. The number of nitrogens with one attached hydrogen (secondary N) is 1. The van der Waals surface area contributed by atoms with Crippen molar-refractivity contribution >= 4 is 11.5 Å². The SMILES string of the molecule is COc1cccc(CC2=NN[C@@H]3CC(C)(C)CC(=O)[C@H]23)c1. The van der Waals surface area contributed by atoms with Crippen LogP contribution in [-0.2, 0) is 11.2 Å². The molecule has 0 bridgehead atoms. The second-order valence-corrected chi connectivity index (χ2v) is 6.86. The van der Waals surface area contributed by atoms with Crippen LogP contribution in [0.5, 0.6) is 5.75 Å². The fraction of sp³-hybridized carbons (Fsp3) is 0.529. The second kappa shape index (κ2) is 5.17. The summed E-state index contributed by atoms with van der Waals surface area (Å²) in [5, 5.41) is 4.45. The van der Waals surface area contributed by atoms with Crippen LogP contribution in [0.1, 0.15) is 32.3 Å². The number of ether oxygens (including phenoxy) is 1. The number of benzene rings is 1. The molecule has 1 aromatic rings. The van der Waals surface area contributed by atoms with Crippen molar-refractivity contribution in [1.29, 1.82) is 0 Å². The van der Waals surface area contributed by atoms with Gasteiger partial charge in [-0.2, -0.15) is 5.10 Å². The number of hydrogen-bond donors (Lipinski definition) is 1. The minimum atomic E-state index is -0.0516. The topological polar surface area (TPSA) is 50.7 Å². The highest BCUT2D eigenvalue weighted by atomic mass is 16.5. The summed E-state index contributed by atoms with van der Waals surface area (Å²) >= 11 is 0. The standard InChI is InChI=1S/C17H22N2O2/c1-17(2)9-14-16(15(20)10-17)13(18-19-14)8-11-5-4-6-12(7-11)21-3/h4-7,14,16,19H,8-10H2,1-3H3/t14-,16-/m1/s1. The minimum absolute atomic E-state index is 0.0516. The summed E-state index contributed by atoms with van der Waals surface area (Å²) in [6, 6.07) is 8.13. The molecule has 0 radical (unpaired) electrons. The molecule has 0 aromatic heterocycles. The fourth-order valence-electron chi connectivity index (χ4n) is 3.51. The highest BCUT2D eigenvalue weighted by Crippen LogP contribution is 2.39. The molecule has 21 heavy (non-hydrogen) atoms. The first-order valence-corrected chi connectivity index (χ1v) is 7.46. The lowest BCUT2D eigenvalue weighted by molar-refractivity contribution is -0.126. The number of methoxy groups -OCH3 is 1. The average molecular weight is 286 g/mol. The maximum atomic E-state index is 12.5. The molecule has 1 fully saturated rings. The quantitative estimate of drug-likeness (QED) is 0.929. The Labute approximate surface area is 125 Å². The van der Waals surface area contributed by atoms with Crippen molar-refractivity contribution in [3.05, 3.63) is 29.8 Å². The minimum Gasteiger partial charge on any atom is -0.497 e. The Balaban J connectivity index is 1.77. The van der Waals surface area contributed by atoms with Crippen molar-refractivity contribution in [2.75, 3.05) is 7.11 Å². The predicted octanol–water partition coefficient (Wildman–Crippen LogP) is 2.57. The molecular formula is C17H22N2O2. The molecule has 0 unspecified atom stereocenters. The third-order valence-corrected chi connectivity index (χ3v) is 4.43. The van der Waals surface area contributed by atoms with Gasteiger partial charge in [-0.15, -0.1) is 0 Å². The van der Waals surface area contributed by atoms with E-state index in [-0.39, 0.29) is 17.4 Å². The van der Waals surface area contributed by atoms with Gasteiger partial charge in [0.05, 0.1) is 24.8 Å². The number of hydrazone groups is 1. The molecule has 2 atom stereocenters. The van der Waals surface area contributed by atoms with Gasteiger partial charge in [-0.25, -0.2) is 0 Å². The monoisotopic (exact) mass is 286 g/mol. The van der Waals surface area contributed by atoms with E-state index in [1.807, 2.05) is 18.2 Å². The molecule has 1 aliphatic heterocycles. The smallest absolute Gasteiger partial charge is 0.144 e. The lowest BCUT2D eigenvalue weighted by Crippen LogP contribution is -2.45. The number of fused-ring (bicyclic) bond motifs is 1. The molecule has 1 aliphatic carbocycles. The summed E-state index contributed by atoms with van der Waals surface area (Å²) in [7, 11) is 1.66. The summed E-state index contributed by atoms with van der Waals surface area (Å²) in [6.07, 6.45) is 2.35. The van der Waals surface area contributed by atoms with Crippen LogP contribution in [0, 0.1) is 11.3 Å². The normalized spacial score (nSPS) is 26.8. The second-order valence-electron chi connectivity index (χ2n) is 6.86. The maximum Gasteiger partial charge on any atom is 0.144 e. The predicted molar refractivity (Wildman–Crippen MR) is 82.6 cm³/mol. The molecule has 0 amide bonds. The lowest BCUT2D eigenvalue weighted by Gasteiger charge is -2.36. The summed E-state index contributed by atoms with van der Waals surface area (Å²) in [4.78, 5) is 12.5. The van der Waals surface area contributed by atoms with Crippen molar-refractivity contribution in [1.82, 2.24) is 5.43 Å². The molecule has 1 saturated carbocycles. The Hall–Kier alpha value is -1.84. The molecule has 1 aromatic carbocycles. The van der Waals surface area contributed by atoms with Gasteiger partial charge < -0.3 is 10.2 Å². The van der Waals surface area contributed by atoms with Crippen LogP contribution in [0.25, 0.3) is 0 Å². The van der Waals surface area contributed by atoms with Gasteiger partial charge in [-0.05, 0) is 29.5 Å². The van der Waals surface area contributed by atoms with E-state index in [0.717, 1.165) is 23.4 Å². The summed E-state index contributed by atoms with van der Waals surface area (Å²) in [5.41, 5.74) is 5.35. The van der Waals surface area contributed by atoms with Crippen molar-refractivity contribution in [2.45, 2.75) is 39.2 Å². The zero-order valence-corrected chi connectivity index (χ0v) is 12.8. The molecule has 4 heteroatoms. The van der Waals surface area contributed by atoms with E-state index in [1.54, 1.807) is 7.11 Å². The third kappa shape index (κ3) is 2.80. The Morgan fingerprint density at radius 3 is 3.00 bits per heavy atom. The van der Waals surface area contributed by atoms with E-state index >= 15 is 0 Å². The number of Topliss-reactive ketones (excluding diaryl/α,β-unsaturated/α-hetero) is 1. The molecule has 2 aliphatic rings. The number of carbonyl (C=O) groups excluding carboxylic acids is 1. The van der Waals surface area contributed by atoms with Gasteiger partial charge in [0.15, 0.2) is 0 Å². The Bertz CT molecular complexity index is 592. The van der Waals surface area contributed by atoms with Gasteiger partial charge >= 0.3 is 0 Å². The molecular weight excluding hydrogens is 264 g/mol. The van der Waals surface area contributed by atoms with E-state index in [4.69, 9.17) is 4.74 Å². The summed E-state index contributed by atoms with van der Waals surface area (Å²) < 4.78 is 5.25. The zero-order chi connectivity index (χ0) is 15.0. The molecule has 4 nitrogen and oxygen atoms in total. The van der Waals surface area contributed by atoms with Crippen LogP contribution in [0.2, 0.25) is 0 Å². The van der Waals surface area contributed by atoms with E-state index in [1.165, 1.54) is 0 Å². The number of rotatable bonds is 3. The summed E-state index contributed by atoms with van der Waals surface area (Å²) in [6.45, 7) is 4.31. The van der Waals surface area contributed by atoms with Gasteiger partial charge in [0.25, 0.3) is 0 Å². The number of nitrogens with zero attached hydrogens (tertiary/aromatic N) is 1. The fourth-order valence-corrected chi connectivity index (χ4v) is 3.51. The van der Waals surface area contributed by atoms with Crippen LogP contribution >= 0.6 is 0 Å². The number of ketones is 1. The van der Waals surface area contributed by atoms with Crippen molar-refractivity contribution in [2.24, 2.45) is 16.4 Å². The lowest BCUT2D eigenvalue weighted by atomic mass is 9.68.